The van der Waals surface area contributed by atoms with Gasteiger partial charge in [0, 0.05) is 55.2 Å². The van der Waals surface area contributed by atoms with Gasteiger partial charge in [-0.1, -0.05) is 0 Å². The summed E-state index contributed by atoms with van der Waals surface area (Å²) in [5.74, 6) is -3.39. The summed E-state index contributed by atoms with van der Waals surface area (Å²) in [7, 11) is 0. The van der Waals surface area contributed by atoms with Gasteiger partial charge < -0.3 is 15.3 Å². The highest BCUT2D eigenvalue weighted by Crippen LogP contribution is 2.42. The smallest absolute Gasteiger partial charge is 0.382 e. The Bertz CT molecular complexity index is 946. The Kier molecular flexibility index (Phi) is 5.68. The Morgan fingerprint density at radius 1 is 1.09 bits per heavy atom. The molecule has 1 fully saturated rings. The first-order chi connectivity index (χ1) is 15.0. The summed E-state index contributed by atoms with van der Waals surface area (Å²) in [5.41, 5.74) is -0.614. The molecule has 0 saturated carbocycles. The van der Waals surface area contributed by atoms with Crippen molar-refractivity contribution in [3.8, 4) is 0 Å². The fourth-order valence-corrected chi connectivity index (χ4v) is 4.49. The molecule has 32 heavy (non-hydrogen) atoms. The highest BCUT2D eigenvalue weighted by atomic mass is 19.4. The minimum absolute atomic E-state index is 0.151. The van der Waals surface area contributed by atoms with Crippen LogP contribution in [-0.2, 0) is 11.0 Å². The van der Waals surface area contributed by atoms with E-state index in [9.17, 15) is 36.2 Å². The molecule has 4 heterocycles. The van der Waals surface area contributed by atoms with E-state index in [0.29, 0.717) is 31.7 Å². The predicted octanol–water partition coefficient (Wildman–Crippen LogP) is 3.08. The van der Waals surface area contributed by atoms with Crippen molar-refractivity contribution in [2.45, 2.75) is 37.7 Å². The number of aromatic nitrogens is 1. The Morgan fingerprint density at radius 2 is 1.78 bits per heavy atom. The molecule has 0 aliphatic carbocycles. The molecule has 2 N–H and O–H groups in total. The molecule has 3 aliphatic rings. The van der Waals surface area contributed by atoms with Gasteiger partial charge in [0.05, 0.1) is 5.56 Å². The lowest BCUT2D eigenvalue weighted by Gasteiger charge is -2.40. The number of aliphatic hydroxyl groups excluding tert-OH is 1. The molecule has 4 rings (SSSR count). The summed E-state index contributed by atoms with van der Waals surface area (Å²) >= 11 is 0. The second kappa shape index (κ2) is 8.05. The van der Waals surface area contributed by atoms with E-state index in [1.54, 1.807) is 4.90 Å². The lowest BCUT2D eigenvalue weighted by atomic mass is 9.76. The van der Waals surface area contributed by atoms with Gasteiger partial charge in [-0.05, 0) is 25.0 Å². The summed E-state index contributed by atoms with van der Waals surface area (Å²) in [6.45, 7) is 0.975. The van der Waals surface area contributed by atoms with Crippen LogP contribution in [0.5, 0.6) is 0 Å². The fraction of sp³-hybridized carbons (Fsp3) is 0.550. The van der Waals surface area contributed by atoms with E-state index < -0.39 is 35.8 Å². The zero-order valence-electron chi connectivity index (χ0n) is 16.7. The van der Waals surface area contributed by atoms with Crippen LogP contribution in [0.2, 0.25) is 0 Å². The molecule has 0 aromatic carbocycles. The van der Waals surface area contributed by atoms with Gasteiger partial charge in [-0.25, -0.2) is 4.98 Å². The molecule has 1 amide bonds. The molecule has 0 radical (unpaired) electrons. The number of nitrogens with zero attached hydrogens (tertiary/aromatic N) is 3. The third-order valence-electron chi connectivity index (χ3n) is 6.05. The van der Waals surface area contributed by atoms with Gasteiger partial charge in [0.2, 0.25) is 0 Å². The summed E-state index contributed by atoms with van der Waals surface area (Å²) < 4.78 is 79.4. The number of carbonyl (C=O) groups is 1. The summed E-state index contributed by atoms with van der Waals surface area (Å²) in [6.07, 6.45) is -9.82. The van der Waals surface area contributed by atoms with Crippen molar-refractivity contribution in [1.29, 1.82) is 0 Å². The molecule has 1 aromatic heterocycles. The number of rotatable bonds is 2. The summed E-state index contributed by atoms with van der Waals surface area (Å²) in [4.78, 5) is 21.8. The minimum Gasteiger partial charge on any atom is -0.382 e. The highest BCUT2D eigenvalue weighted by Gasteiger charge is 2.54. The van der Waals surface area contributed by atoms with E-state index in [2.05, 4.69) is 15.3 Å². The maximum atomic E-state index is 13.8. The number of hydrogen-bond acceptors (Lipinski definition) is 5. The maximum Gasteiger partial charge on any atom is 0.417 e. The van der Waals surface area contributed by atoms with Crippen molar-refractivity contribution in [2.75, 3.05) is 24.5 Å². The van der Waals surface area contributed by atoms with Crippen LogP contribution in [0.25, 0.3) is 0 Å². The largest absolute Gasteiger partial charge is 0.417 e. The number of dihydropyridines is 1. The number of aliphatic hydroxyl groups is 1. The third kappa shape index (κ3) is 4.19. The molecule has 0 spiro atoms. The number of piperidine rings is 1. The number of carbonyl (C=O) groups excluding carboxylic acids is 1. The number of anilines is 1. The molecule has 2 atom stereocenters. The first-order valence-electron chi connectivity index (χ1n) is 10.1. The Labute approximate surface area is 179 Å². The highest BCUT2D eigenvalue weighted by molar-refractivity contribution is 6.06. The van der Waals surface area contributed by atoms with Crippen LogP contribution in [-0.4, -0.2) is 53.6 Å². The van der Waals surface area contributed by atoms with E-state index in [-0.39, 0.29) is 35.9 Å². The Morgan fingerprint density at radius 3 is 2.34 bits per heavy atom. The van der Waals surface area contributed by atoms with E-state index in [1.165, 1.54) is 6.07 Å². The maximum absolute atomic E-state index is 13.8. The van der Waals surface area contributed by atoms with Crippen LogP contribution in [0.1, 0.15) is 24.8 Å². The molecule has 1 aromatic rings. The number of nitrogens with one attached hydrogen (secondary N) is 1. The fourth-order valence-electron chi connectivity index (χ4n) is 4.49. The van der Waals surface area contributed by atoms with Crippen LogP contribution >= 0.6 is 0 Å². The molecule has 3 aliphatic heterocycles. The first kappa shape index (κ1) is 22.6. The topological polar surface area (TPSA) is 77.8 Å². The number of halogens is 6. The van der Waals surface area contributed by atoms with E-state index in [4.69, 9.17) is 0 Å². The lowest BCUT2D eigenvalue weighted by molar-refractivity contribution is -0.192. The zero-order chi connectivity index (χ0) is 23.3. The first-order valence-corrected chi connectivity index (χ1v) is 10.1. The summed E-state index contributed by atoms with van der Waals surface area (Å²) in [6, 6.07) is 2.21. The average Bonchev–Trinajstić information content (AvgIpc) is 2.73. The zero-order valence-corrected chi connectivity index (χ0v) is 16.7. The van der Waals surface area contributed by atoms with E-state index in [1.807, 2.05) is 0 Å². The van der Waals surface area contributed by atoms with Gasteiger partial charge in [-0.3, -0.25) is 9.79 Å². The van der Waals surface area contributed by atoms with Crippen molar-refractivity contribution < 1.29 is 36.2 Å². The molecule has 2 unspecified atom stereocenters. The van der Waals surface area contributed by atoms with Crippen LogP contribution in [0.15, 0.2) is 34.6 Å². The number of pyridine rings is 1. The van der Waals surface area contributed by atoms with Crippen molar-refractivity contribution in [3.63, 3.8) is 0 Å². The Hall–Kier alpha value is -2.63. The standard InChI is InChI=1S/C20H20F6N4O2/c21-19(22,23)11-1-2-13(28-9-11)30-7-4-10(5-8-30)16-14-12(3-6-27-16)29-18(32)17(31)15(14)20(24,25)26/h1-2,9-10,15,17,31H,3-8H2,(H,29,32). The average molecular weight is 462 g/mol. The normalized spacial score (nSPS) is 25.4. The minimum atomic E-state index is -4.82. The number of hydrogen-bond donors (Lipinski definition) is 2. The molecular weight excluding hydrogens is 442 g/mol. The lowest BCUT2D eigenvalue weighted by Crippen LogP contribution is -2.53. The molecule has 174 valence electrons. The summed E-state index contributed by atoms with van der Waals surface area (Å²) in [5, 5.41) is 12.4. The molecular formula is C20H20F6N4O2. The second-order valence-electron chi connectivity index (χ2n) is 8.03. The monoisotopic (exact) mass is 462 g/mol. The van der Waals surface area contributed by atoms with Gasteiger partial charge in [0.25, 0.3) is 5.91 Å². The van der Waals surface area contributed by atoms with Crippen molar-refractivity contribution in [2.24, 2.45) is 16.8 Å². The second-order valence-corrected chi connectivity index (χ2v) is 8.03. The van der Waals surface area contributed by atoms with Crippen molar-refractivity contribution in [3.05, 3.63) is 35.2 Å². The van der Waals surface area contributed by atoms with Crippen LogP contribution in [0.3, 0.4) is 0 Å². The molecule has 6 nitrogen and oxygen atoms in total. The number of amides is 1. The van der Waals surface area contributed by atoms with Gasteiger partial charge in [-0.2, -0.15) is 26.3 Å². The Balaban J connectivity index is 1.52. The van der Waals surface area contributed by atoms with Gasteiger partial charge in [0.1, 0.15) is 17.8 Å². The van der Waals surface area contributed by atoms with Crippen molar-refractivity contribution >= 4 is 17.4 Å². The third-order valence-corrected chi connectivity index (χ3v) is 6.05. The number of alkyl halides is 6. The van der Waals surface area contributed by atoms with E-state index >= 15 is 0 Å². The SMILES string of the molecule is O=C1NC2=C(C(C3CCN(c4ccc(C(F)(F)F)cn4)CC3)=NCC2)C(C(F)(F)F)C1O. The van der Waals surface area contributed by atoms with Crippen LogP contribution < -0.4 is 10.2 Å². The van der Waals surface area contributed by atoms with Gasteiger partial charge in [-0.15, -0.1) is 0 Å². The van der Waals surface area contributed by atoms with Gasteiger partial charge >= 0.3 is 12.4 Å². The molecule has 0 bridgehead atoms. The van der Waals surface area contributed by atoms with E-state index in [0.717, 1.165) is 12.3 Å². The van der Waals surface area contributed by atoms with Crippen molar-refractivity contribution in [1.82, 2.24) is 10.3 Å². The van der Waals surface area contributed by atoms with Crippen LogP contribution in [0, 0.1) is 11.8 Å². The number of aliphatic imine (C=N–C) groups is 1. The quantitative estimate of drug-likeness (QED) is 0.663. The predicted molar refractivity (Wildman–Crippen MR) is 102 cm³/mol. The van der Waals surface area contributed by atoms with Crippen LogP contribution in [0.4, 0.5) is 32.2 Å². The van der Waals surface area contributed by atoms with Gasteiger partial charge in [0.15, 0.2) is 0 Å². The molecule has 1 saturated heterocycles. The molecule has 12 heteroatoms.